The van der Waals surface area contributed by atoms with Crippen molar-refractivity contribution in [1.82, 2.24) is 0 Å². The summed E-state index contributed by atoms with van der Waals surface area (Å²) in [6.45, 7) is 0. The predicted octanol–water partition coefficient (Wildman–Crippen LogP) is 1.43. The number of nitrogens with zero attached hydrogens (tertiary/aromatic N) is 1. The lowest BCUT2D eigenvalue weighted by Gasteiger charge is -2.13. The highest BCUT2D eigenvalue weighted by atomic mass is 32.2. The topological polar surface area (TPSA) is 66.2 Å². The van der Waals surface area contributed by atoms with Gasteiger partial charge in [0.1, 0.15) is 6.26 Å². The molecule has 0 radical (unpaired) electrons. The van der Waals surface area contributed by atoms with Crippen LogP contribution in [-0.4, -0.2) is 15.7 Å². The minimum absolute atomic E-state index is 0.182. The molecule has 0 aliphatic heterocycles. The zero-order valence-corrected chi connectivity index (χ0v) is 7.73. The molecule has 1 aliphatic rings. The van der Waals surface area contributed by atoms with E-state index in [2.05, 4.69) is 0 Å². The molecule has 0 saturated carbocycles. The molecular weight excluding hydrogens is 178 g/mol. The van der Waals surface area contributed by atoms with E-state index in [1.165, 1.54) is 6.26 Å². The second-order valence-electron chi connectivity index (χ2n) is 2.79. The van der Waals surface area contributed by atoms with Gasteiger partial charge in [-0.25, -0.2) is 0 Å². The van der Waals surface area contributed by atoms with Crippen molar-refractivity contribution in [3.05, 3.63) is 20.7 Å². The lowest BCUT2D eigenvalue weighted by molar-refractivity contribution is -0.429. The van der Waals surface area contributed by atoms with Crippen molar-refractivity contribution in [2.75, 3.05) is 6.26 Å². The van der Waals surface area contributed by atoms with Gasteiger partial charge in [-0.05, 0) is 24.0 Å². The van der Waals surface area contributed by atoms with Crippen molar-refractivity contribution in [2.45, 2.75) is 25.7 Å². The first-order valence-corrected chi connectivity index (χ1v) is 5.38. The summed E-state index contributed by atoms with van der Waals surface area (Å²) in [6.07, 6.45) is 4.37. The summed E-state index contributed by atoms with van der Waals surface area (Å²) in [4.78, 5) is 10.6. The van der Waals surface area contributed by atoms with Crippen LogP contribution in [0.1, 0.15) is 25.7 Å². The number of hydrogen-bond donors (Lipinski definition) is 0. The largest absolute Gasteiger partial charge is 0.612 e. The second kappa shape index (κ2) is 3.91. The number of allylic oxidation sites excluding steroid dienone is 2. The van der Waals surface area contributed by atoms with Crippen LogP contribution < -0.4 is 0 Å². The van der Waals surface area contributed by atoms with E-state index in [9.17, 15) is 14.7 Å². The average Bonchev–Trinajstić information content (AvgIpc) is 2.04. The number of nitro groups is 1. The van der Waals surface area contributed by atoms with Crippen LogP contribution in [0, 0.1) is 10.1 Å². The Labute approximate surface area is 74.0 Å². The molecule has 0 spiro atoms. The standard InChI is InChI=1S/C7H11NO3S/c1-12(11)7-5-3-2-4-6(7)8(9)10/h2-5H2,1H3. The highest BCUT2D eigenvalue weighted by Crippen LogP contribution is 2.28. The fourth-order valence-corrected chi connectivity index (χ4v) is 2.30. The molecule has 1 unspecified atom stereocenters. The highest BCUT2D eigenvalue weighted by molar-refractivity contribution is 7.94. The van der Waals surface area contributed by atoms with E-state index in [-0.39, 0.29) is 5.70 Å². The van der Waals surface area contributed by atoms with Gasteiger partial charge in [0, 0.05) is 12.8 Å². The van der Waals surface area contributed by atoms with Crippen molar-refractivity contribution in [1.29, 1.82) is 0 Å². The fraction of sp³-hybridized carbons (Fsp3) is 0.714. The third kappa shape index (κ3) is 1.98. The van der Waals surface area contributed by atoms with Gasteiger partial charge in [0.2, 0.25) is 4.91 Å². The SMILES string of the molecule is C[S+]([O-])C1=C([N+](=O)[O-])CCCC1. The Balaban J connectivity index is 2.91. The summed E-state index contributed by atoms with van der Waals surface area (Å²) in [6, 6.07) is 0. The van der Waals surface area contributed by atoms with Gasteiger partial charge in [0.05, 0.1) is 4.92 Å². The van der Waals surface area contributed by atoms with Gasteiger partial charge >= 0.3 is 0 Å². The summed E-state index contributed by atoms with van der Waals surface area (Å²) in [7, 11) is 0. The predicted molar refractivity (Wildman–Crippen MR) is 46.6 cm³/mol. The normalized spacial score (nSPS) is 20.8. The first-order valence-electron chi connectivity index (χ1n) is 3.82. The van der Waals surface area contributed by atoms with Crippen molar-refractivity contribution < 1.29 is 9.48 Å². The molecular formula is C7H11NO3S. The Morgan fingerprint density at radius 3 is 2.42 bits per heavy atom. The molecule has 12 heavy (non-hydrogen) atoms. The molecule has 0 N–H and O–H groups in total. The van der Waals surface area contributed by atoms with E-state index in [1.807, 2.05) is 0 Å². The highest BCUT2D eigenvalue weighted by Gasteiger charge is 2.28. The Morgan fingerprint density at radius 2 is 2.00 bits per heavy atom. The van der Waals surface area contributed by atoms with E-state index in [0.29, 0.717) is 17.7 Å². The molecule has 0 fully saturated rings. The number of rotatable bonds is 2. The number of hydrogen-bond acceptors (Lipinski definition) is 3. The van der Waals surface area contributed by atoms with Gasteiger partial charge in [0.15, 0.2) is 0 Å². The fourth-order valence-electron chi connectivity index (χ4n) is 1.36. The molecule has 0 bridgehead atoms. The molecule has 1 atom stereocenters. The molecule has 0 saturated heterocycles. The summed E-state index contributed by atoms with van der Waals surface area (Å²) in [5.41, 5.74) is 0.182. The van der Waals surface area contributed by atoms with Crippen LogP contribution in [0.25, 0.3) is 0 Å². The van der Waals surface area contributed by atoms with E-state index in [1.54, 1.807) is 0 Å². The third-order valence-electron chi connectivity index (χ3n) is 1.96. The summed E-state index contributed by atoms with van der Waals surface area (Å²) >= 11 is -1.16. The van der Waals surface area contributed by atoms with Crippen molar-refractivity contribution in [3.63, 3.8) is 0 Å². The maximum absolute atomic E-state index is 11.1. The summed E-state index contributed by atoms with van der Waals surface area (Å²) in [5, 5.41) is 10.5. The van der Waals surface area contributed by atoms with Crippen LogP contribution in [0.4, 0.5) is 0 Å². The quantitative estimate of drug-likeness (QED) is 0.375. The van der Waals surface area contributed by atoms with Gasteiger partial charge in [-0.15, -0.1) is 0 Å². The van der Waals surface area contributed by atoms with E-state index in [0.717, 1.165) is 12.8 Å². The van der Waals surface area contributed by atoms with Crippen molar-refractivity contribution >= 4 is 11.2 Å². The van der Waals surface area contributed by atoms with E-state index >= 15 is 0 Å². The Morgan fingerprint density at radius 1 is 1.42 bits per heavy atom. The Hall–Kier alpha value is -0.550. The molecule has 0 heterocycles. The molecule has 0 aromatic rings. The lowest BCUT2D eigenvalue weighted by Crippen LogP contribution is -2.14. The van der Waals surface area contributed by atoms with Gasteiger partial charge in [0.25, 0.3) is 5.70 Å². The maximum atomic E-state index is 11.1. The Bertz CT molecular complexity index is 225. The molecule has 5 heteroatoms. The minimum Gasteiger partial charge on any atom is -0.612 e. The zero-order chi connectivity index (χ0) is 9.14. The minimum atomic E-state index is -1.16. The smallest absolute Gasteiger partial charge is 0.296 e. The third-order valence-corrected chi connectivity index (χ3v) is 3.09. The van der Waals surface area contributed by atoms with Gasteiger partial charge in [-0.3, -0.25) is 10.1 Å². The average molecular weight is 189 g/mol. The summed E-state index contributed by atoms with van der Waals surface area (Å²) < 4.78 is 11.1. The zero-order valence-electron chi connectivity index (χ0n) is 6.91. The first kappa shape index (κ1) is 9.54. The van der Waals surface area contributed by atoms with Gasteiger partial charge in [-0.2, -0.15) is 0 Å². The molecule has 1 rings (SSSR count). The van der Waals surface area contributed by atoms with Crippen LogP contribution in [0.15, 0.2) is 10.6 Å². The first-order chi connectivity index (χ1) is 5.63. The Kier molecular flexibility index (Phi) is 3.11. The van der Waals surface area contributed by atoms with Crippen LogP contribution in [0.2, 0.25) is 0 Å². The monoisotopic (exact) mass is 189 g/mol. The van der Waals surface area contributed by atoms with E-state index in [4.69, 9.17) is 0 Å². The van der Waals surface area contributed by atoms with Gasteiger partial charge in [-0.1, -0.05) is 0 Å². The molecule has 1 aliphatic carbocycles. The van der Waals surface area contributed by atoms with Crippen LogP contribution in [-0.2, 0) is 11.2 Å². The van der Waals surface area contributed by atoms with Crippen LogP contribution in [0.5, 0.6) is 0 Å². The molecule has 0 amide bonds. The van der Waals surface area contributed by atoms with Crippen LogP contribution in [0.3, 0.4) is 0 Å². The molecule has 0 aromatic heterocycles. The van der Waals surface area contributed by atoms with Crippen molar-refractivity contribution in [3.8, 4) is 0 Å². The molecule has 4 nitrogen and oxygen atoms in total. The second-order valence-corrected chi connectivity index (χ2v) is 4.19. The molecule has 0 aromatic carbocycles. The maximum Gasteiger partial charge on any atom is 0.296 e. The summed E-state index contributed by atoms with van der Waals surface area (Å²) in [5.74, 6) is 0. The molecule has 68 valence electrons. The van der Waals surface area contributed by atoms with Gasteiger partial charge < -0.3 is 4.55 Å². The lowest BCUT2D eigenvalue weighted by atomic mass is 10.1. The van der Waals surface area contributed by atoms with E-state index < -0.39 is 16.1 Å². The van der Waals surface area contributed by atoms with Crippen molar-refractivity contribution in [2.24, 2.45) is 0 Å². The van der Waals surface area contributed by atoms with Crippen LogP contribution >= 0.6 is 0 Å².